The number of nitrogens with zero attached hydrogens (tertiary/aromatic N) is 2. The standard InChI is InChI=1S/C17H25N3O2/c1-12(2)10-20-8-7-14-9-15(5-6-16(14)20)18-17(22)19(4)13(3)11-21/h5-9,12-13,21H,10-11H2,1-4H3,(H,18,22). The Labute approximate surface area is 131 Å². The SMILES string of the molecule is CC(C)Cn1ccc2cc(NC(=O)N(C)C(C)CO)ccc21. The number of fused-ring (bicyclic) bond motifs is 1. The van der Waals surface area contributed by atoms with E-state index in [2.05, 4.69) is 36.0 Å². The maximum atomic E-state index is 12.1. The van der Waals surface area contributed by atoms with E-state index < -0.39 is 0 Å². The molecule has 2 amide bonds. The number of urea groups is 1. The van der Waals surface area contributed by atoms with Crippen LogP contribution in [-0.2, 0) is 6.54 Å². The zero-order valence-electron chi connectivity index (χ0n) is 13.7. The first-order valence-electron chi connectivity index (χ1n) is 7.66. The minimum absolute atomic E-state index is 0.0546. The summed E-state index contributed by atoms with van der Waals surface area (Å²) in [6, 6.07) is 7.55. The van der Waals surface area contributed by atoms with Crippen molar-refractivity contribution in [2.75, 3.05) is 19.0 Å². The van der Waals surface area contributed by atoms with Crippen LogP contribution in [0, 0.1) is 5.92 Å². The third-order valence-electron chi connectivity index (χ3n) is 3.83. The van der Waals surface area contributed by atoms with Crippen molar-refractivity contribution in [2.45, 2.75) is 33.4 Å². The second kappa shape index (κ2) is 6.83. The quantitative estimate of drug-likeness (QED) is 0.891. The monoisotopic (exact) mass is 303 g/mol. The zero-order chi connectivity index (χ0) is 16.3. The number of carbonyl (C=O) groups is 1. The molecule has 0 spiro atoms. The highest BCUT2D eigenvalue weighted by Crippen LogP contribution is 2.21. The lowest BCUT2D eigenvalue weighted by Gasteiger charge is -2.23. The Morgan fingerprint density at radius 1 is 1.32 bits per heavy atom. The van der Waals surface area contributed by atoms with Crippen molar-refractivity contribution in [1.29, 1.82) is 0 Å². The van der Waals surface area contributed by atoms with Crippen LogP contribution in [0.5, 0.6) is 0 Å². The van der Waals surface area contributed by atoms with Gasteiger partial charge in [-0.2, -0.15) is 0 Å². The Morgan fingerprint density at radius 3 is 2.68 bits per heavy atom. The van der Waals surface area contributed by atoms with Crippen molar-refractivity contribution in [3.63, 3.8) is 0 Å². The Hall–Kier alpha value is -2.01. The molecule has 0 saturated heterocycles. The van der Waals surface area contributed by atoms with Crippen LogP contribution in [0.4, 0.5) is 10.5 Å². The van der Waals surface area contributed by atoms with Gasteiger partial charge in [-0.1, -0.05) is 13.8 Å². The lowest BCUT2D eigenvalue weighted by molar-refractivity contribution is 0.166. The topological polar surface area (TPSA) is 57.5 Å². The van der Waals surface area contributed by atoms with E-state index in [1.165, 1.54) is 10.4 Å². The van der Waals surface area contributed by atoms with Gasteiger partial charge < -0.3 is 19.9 Å². The molecule has 0 aliphatic rings. The molecule has 1 aromatic heterocycles. The van der Waals surface area contributed by atoms with Gasteiger partial charge in [-0.15, -0.1) is 0 Å². The van der Waals surface area contributed by atoms with Gasteiger partial charge in [-0.3, -0.25) is 0 Å². The number of rotatable bonds is 5. The molecule has 0 aliphatic heterocycles. The molecule has 0 bridgehead atoms. The number of likely N-dealkylation sites (N-methyl/N-ethyl adjacent to an activating group) is 1. The number of aliphatic hydroxyl groups excluding tert-OH is 1. The van der Waals surface area contributed by atoms with Gasteiger partial charge in [0, 0.05) is 36.4 Å². The minimum atomic E-state index is -0.220. The fraction of sp³-hybridized carbons (Fsp3) is 0.471. The van der Waals surface area contributed by atoms with E-state index >= 15 is 0 Å². The molecule has 2 N–H and O–H groups in total. The van der Waals surface area contributed by atoms with Gasteiger partial charge in [0.25, 0.3) is 0 Å². The maximum absolute atomic E-state index is 12.1. The van der Waals surface area contributed by atoms with Gasteiger partial charge in [0.05, 0.1) is 12.6 Å². The van der Waals surface area contributed by atoms with Gasteiger partial charge in [0.1, 0.15) is 0 Å². The van der Waals surface area contributed by atoms with E-state index in [4.69, 9.17) is 5.11 Å². The molecule has 1 heterocycles. The highest BCUT2D eigenvalue weighted by Gasteiger charge is 2.15. The summed E-state index contributed by atoms with van der Waals surface area (Å²) in [5.74, 6) is 0.587. The first-order chi connectivity index (χ1) is 10.4. The number of anilines is 1. The van der Waals surface area contributed by atoms with Gasteiger partial charge >= 0.3 is 6.03 Å². The fourth-order valence-corrected chi connectivity index (χ4v) is 2.36. The smallest absolute Gasteiger partial charge is 0.321 e. The lowest BCUT2D eigenvalue weighted by Crippen LogP contribution is -2.40. The van der Waals surface area contributed by atoms with Crippen LogP contribution in [0.25, 0.3) is 10.9 Å². The van der Waals surface area contributed by atoms with E-state index in [1.807, 2.05) is 18.2 Å². The van der Waals surface area contributed by atoms with Crippen molar-refractivity contribution in [1.82, 2.24) is 9.47 Å². The van der Waals surface area contributed by atoms with Crippen LogP contribution in [0.2, 0.25) is 0 Å². The summed E-state index contributed by atoms with van der Waals surface area (Å²) >= 11 is 0. The second-order valence-electron chi connectivity index (χ2n) is 6.21. The fourth-order valence-electron chi connectivity index (χ4n) is 2.36. The molecule has 1 atom stereocenters. The highest BCUT2D eigenvalue weighted by atomic mass is 16.3. The highest BCUT2D eigenvalue weighted by molar-refractivity contribution is 5.93. The summed E-state index contributed by atoms with van der Waals surface area (Å²) in [6.07, 6.45) is 2.08. The molecule has 0 radical (unpaired) electrons. The third kappa shape index (κ3) is 3.60. The van der Waals surface area contributed by atoms with E-state index in [0.29, 0.717) is 5.92 Å². The Balaban J connectivity index is 2.15. The summed E-state index contributed by atoms with van der Waals surface area (Å²) in [6.45, 7) is 7.11. The summed E-state index contributed by atoms with van der Waals surface area (Å²) < 4.78 is 2.23. The summed E-state index contributed by atoms with van der Waals surface area (Å²) in [5, 5.41) is 13.1. The average Bonchev–Trinajstić information content (AvgIpc) is 2.87. The Bertz CT molecular complexity index is 648. The molecule has 1 aromatic carbocycles. The number of aliphatic hydroxyl groups is 1. The largest absolute Gasteiger partial charge is 0.394 e. The molecule has 5 nitrogen and oxygen atoms in total. The number of benzene rings is 1. The molecule has 5 heteroatoms. The van der Waals surface area contributed by atoms with Crippen LogP contribution in [-0.4, -0.2) is 40.3 Å². The normalized spacial score (nSPS) is 12.6. The number of hydrogen-bond donors (Lipinski definition) is 2. The summed E-state index contributed by atoms with van der Waals surface area (Å²) in [5.41, 5.74) is 1.93. The molecule has 0 saturated carbocycles. The second-order valence-corrected chi connectivity index (χ2v) is 6.21. The number of amides is 2. The van der Waals surface area contributed by atoms with Crippen molar-refractivity contribution in [3.05, 3.63) is 30.5 Å². The van der Waals surface area contributed by atoms with E-state index in [-0.39, 0.29) is 18.7 Å². The minimum Gasteiger partial charge on any atom is -0.394 e. The van der Waals surface area contributed by atoms with Crippen LogP contribution in [0.15, 0.2) is 30.5 Å². The summed E-state index contributed by atoms with van der Waals surface area (Å²) in [4.78, 5) is 13.6. The third-order valence-corrected chi connectivity index (χ3v) is 3.83. The van der Waals surface area contributed by atoms with Crippen LogP contribution in [0.3, 0.4) is 0 Å². The maximum Gasteiger partial charge on any atom is 0.321 e. The van der Waals surface area contributed by atoms with Crippen LogP contribution in [0.1, 0.15) is 20.8 Å². The van der Waals surface area contributed by atoms with E-state index in [9.17, 15) is 4.79 Å². The number of hydrogen-bond acceptors (Lipinski definition) is 2. The number of aromatic nitrogens is 1. The van der Waals surface area contributed by atoms with Crippen LogP contribution < -0.4 is 5.32 Å². The first kappa shape index (κ1) is 16.4. The van der Waals surface area contributed by atoms with E-state index in [1.54, 1.807) is 14.0 Å². The van der Waals surface area contributed by atoms with Crippen molar-refractivity contribution < 1.29 is 9.90 Å². The molecule has 2 aromatic rings. The molecule has 0 aliphatic carbocycles. The summed E-state index contributed by atoms with van der Waals surface area (Å²) in [7, 11) is 1.67. The molecule has 120 valence electrons. The Morgan fingerprint density at radius 2 is 2.05 bits per heavy atom. The predicted molar refractivity (Wildman–Crippen MR) is 90.1 cm³/mol. The average molecular weight is 303 g/mol. The Kier molecular flexibility index (Phi) is 5.08. The lowest BCUT2D eigenvalue weighted by atomic mass is 10.2. The van der Waals surface area contributed by atoms with Gasteiger partial charge in [-0.25, -0.2) is 4.79 Å². The number of carbonyl (C=O) groups excluding carboxylic acids is 1. The molecular formula is C17H25N3O2. The van der Waals surface area contributed by atoms with Gasteiger partial charge in [0.15, 0.2) is 0 Å². The molecule has 0 fully saturated rings. The number of nitrogens with one attached hydrogen (secondary N) is 1. The molecule has 2 rings (SSSR count). The molecule has 22 heavy (non-hydrogen) atoms. The van der Waals surface area contributed by atoms with Crippen molar-refractivity contribution in [2.24, 2.45) is 5.92 Å². The molecule has 1 unspecified atom stereocenters. The van der Waals surface area contributed by atoms with Crippen molar-refractivity contribution in [3.8, 4) is 0 Å². The van der Waals surface area contributed by atoms with Gasteiger partial charge in [0.2, 0.25) is 0 Å². The van der Waals surface area contributed by atoms with Crippen LogP contribution >= 0.6 is 0 Å². The zero-order valence-corrected chi connectivity index (χ0v) is 13.7. The first-order valence-corrected chi connectivity index (χ1v) is 7.66. The predicted octanol–water partition coefficient (Wildman–Crippen LogP) is 3.14. The van der Waals surface area contributed by atoms with Crippen molar-refractivity contribution >= 4 is 22.6 Å². The van der Waals surface area contributed by atoms with E-state index in [0.717, 1.165) is 17.6 Å². The van der Waals surface area contributed by atoms with Gasteiger partial charge in [-0.05, 0) is 37.1 Å². The molecular weight excluding hydrogens is 278 g/mol.